The summed E-state index contributed by atoms with van der Waals surface area (Å²) < 4.78 is 0. The van der Waals surface area contributed by atoms with Crippen LogP contribution in [-0.4, -0.2) is 83.4 Å². The number of nitrogens with one attached hydrogen (secondary N) is 3. The van der Waals surface area contributed by atoms with Crippen LogP contribution in [0.4, 0.5) is 0 Å². The molecule has 0 aliphatic rings. The van der Waals surface area contributed by atoms with E-state index in [-0.39, 0.29) is 37.7 Å². The summed E-state index contributed by atoms with van der Waals surface area (Å²) in [7, 11) is 0. The normalized spacial score (nSPS) is 14.1. The number of thioether (sulfide) groups is 1. The zero-order valence-corrected chi connectivity index (χ0v) is 21.8. The second kappa shape index (κ2) is 17.4. The second-order valence-electron chi connectivity index (χ2n) is 8.66. The third-order valence-corrected chi connectivity index (χ3v) is 5.55. The Hall–Kier alpha value is -3.07. The van der Waals surface area contributed by atoms with E-state index in [2.05, 4.69) is 20.9 Å². The highest BCUT2D eigenvalue weighted by Crippen LogP contribution is 2.09. The van der Waals surface area contributed by atoms with Crippen LogP contribution in [0, 0.1) is 5.92 Å². The number of carboxylic acid groups (broad SMARTS) is 1. The molecule has 0 bridgehead atoms. The van der Waals surface area contributed by atoms with Crippen LogP contribution in [0.5, 0.6) is 0 Å². The van der Waals surface area contributed by atoms with Gasteiger partial charge in [-0.2, -0.15) is 11.8 Å². The van der Waals surface area contributed by atoms with E-state index in [9.17, 15) is 29.1 Å². The molecule has 0 aliphatic heterocycles. The van der Waals surface area contributed by atoms with Crippen LogP contribution in [0.15, 0.2) is 4.99 Å². The number of carbonyl (C=O) groups excluding carboxylic acids is 4. The number of hydrogen-bond acceptors (Lipinski definition) is 8. The Labute approximate surface area is 215 Å². The monoisotopic (exact) mass is 532 g/mol. The fraction of sp³-hybridized carbons (Fsp3) is 0.714. The van der Waals surface area contributed by atoms with Crippen LogP contribution in [0.3, 0.4) is 0 Å². The van der Waals surface area contributed by atoms with E-state index in [0.29, 0.717) is 12.2 Å². The van der Waals surface area contributed by atoms with Crippen molar-refractivity contribution in [3.8, 4) is 0 Å². The van der Waals surface area contributed by atoms with Crippen molar-refractivity contribution in [1.82, 2.24) is 16.0 Å². The molecule has 0 spiro atoms. The van der Waals surface area contributed by atoms with E-state index in [1.54, 1.807) is 0 Å². The average molecular weight is 533 g/mol. The summed E-state index contributed by atoms with van der Waals surface area (Å²) in [6.45, 7) is 3.85. The average Bonchev–Trinajstić information content (AvgIpc) is 2.76. The van der Waals surface area contributed by atoms with Gasteiger partial charge in [-0.05, 0) is 43.6 Å². The van der Waals surface area contributed by atoms with E-state index >= 15 is 0 Å². The minimum Gasteiger partial charge on any atom is -0.480 e. The van der Waals surface area contributed by atoms with Gasteiger partial charge in [0.05, 0.1) is 12.5 Å². The highest BCUT2D eigenvalue weighted by Gasteiger charge is 2.30. The minimum absolute atomic E-state index is 0.0227. The predicted octanol–water partition coefficient (Wildman–Crippen LogP) is -2.42. The molecule has 4 amide bonds. The maximum absolute atomic E-state index is 13.1. The van der Waals surface area contributed by atoms with Gasteiger partial charge in [0.15, 0.2) is 5.96 Å². The summed E-state index contributed by atoms with van der Waals surface area (Å²) in [6.07, 6.45) is 2.24. The number of carboxylic acids is 1. The summed E-state index contributed by atoms with van der Waals surface area (Å²) in [5, 5.41) is 17.0. The van der Waals surface area contributed by atoms with E-state index < -0.39 is 60.2 Å². The third kappa shape index (κ3) is 14.4. The molecular formula is C21H40N8O6S. The fourth-order valence-electron chi connectivity index (χ4n) is 3.10. The van der Waals surface area contributed by atoms with Crippen LogP contribution in [0.2, 0.25) is 0 Å². The lowest BCUT2D eigenvalue weighted by Crippen LogP contribution is -2.57. The number of amides is 4. The predicted molar refractivity (Wildman–Crippen MR) is 138 cm³/mol. The number of nitrogens with two attached hydrogens (primary N) is 4. The zero-order valence-electron chi connectivity index (χ0n) is 21.0. The molecule has 0 aromatic carbocycles. The Kier molecular flexibility index (Phi) is 15.9. The molecule has 0 radical (unpaired) electrons. The Morgan fingerprint density at radius 2 is 1.44 bits per heavy atom. The van der Waals surface area contributed by atoms with Crippen LogP contribution in [0.1, 0.15) is 46.0 Å². The molecule has 0 aliphatic carbocycles. The molecule has 4 atom stereocenters. The highest BCUT2D eigenvalue weighted by molar-refractivity contribution is 7.98. The topological polar surface area (TPSA) is 258 Å². The number of rotatable bonds is 18. The molecule has 12 N–H and O–H groups in total. The van der Waals surface area contributed by atoms with Crippen LogP contribution in [-0.2, 0) is 24.0 Å². The van der Waals surface area contributed by atoms with Crippen LogP contribution in [0.25, 0.3) is 0 Å². The van der Waals surface area contributed by atoms with Gasteiger partial charge in [0.1, 0.15) is 18.1 Å². The van der Waals surface area contributed by atoms with E-state index in [4.69, 9.17) is 22.9 Å². The summed E-state index contributed by atoms with van der Waals surface area (Å²) in [5.41, 5.74) is 21.4. The first kappa shape index (κ1) is 32.9. The minimum atomic E-state index is -1.24. The van der Waals surface area contributed by atoms with E-state index in [0.717, 1.165) is 0 Å². The lowest BCUT2D eigenvalue weighted by atomic mass is 10.0. The Balaban J connectivity index is 5.62. The molecule has 0 aromatic heterocycles. The van der Waals surface area contributed by atoms with Crippen molar-refractivity contribution in [3.05, 3.63) is 0 Å². The largest absolute Gasteiger partial charge is 0.480 e. The van der Waals surface area contributed by atoms with Crippen molar-refractivity contribution in [2.75, 3.05) is 18.6 Å². The summed E-state index contributed by atoms with van der Waals surface area (Å²) in [6, 6.07) is -4.55. The third-order valence-electron chi connectivity index (χ3n) is 4.90. The van der Waals surface area contributed by atoms with Gasteiger partial charge in [-0.25, -0.2) is 4.79 Å². The van der Waals surface area contributed by atoms with Crippen molar-refractivity contribution in [2.45, 2.75) is 70.1 Å². The molecule has 0 saturated heterocycles. The lowest BCUT2D eigenvalue weighted by molar-refractivity contribution is -0.142. The first-order valence-electron chi connectivity index (χ1n) is 11.5. The molecule has 0 rings (SSSR count). The molecular weight excluding hydrogens is 492 g/mol. The molecule has 36 heavy (non-hydrogen) atoms. The van der Waals surface area contributed by atoms with Crippen molar-refractivity contribution in [3.63, 3.8) is 0 Å². The molecule has 15 heteroatoms. The molecule has 0 fully saturated rings. The summed E-state index contributed by atoms with van der Waals surface area (Å²) in [5.74, 6) is -3.71. The number of aliphatic imine (C=N–C) groups is 1. The maximum atomic E-state index is 13.1. The molecule has 0 saturated carbocycles. The molecule has 14 nitrogen and oxygen atoms in total. The fourth-order valence-corrected chi connectivity index (χ4v) is 3.57. The van der Waals surface area contributed by atoms with Crippen molar-refractivity contribution >= 4 is 47.3 Å². The number of carbonyl (C=O) groups is 5. The number of primary amides is 1. The highest BCUT2D eigenvalue weighted by atomic mass is 32.2. The molecule has 4 unspecified atom stereocenters. The lowest BCUT2D eigenvalue weighted by Gasteiger charge is -2.26. The quantitative estimate of drug-likeness (QED) is 0.0526. The zero-order chi connectivity index (χ0) is 27.8. The number of guanidine groups is 1. The van der Waals surface area contributed by atoms with Gasteiger partial charge in [0.2, 0.25) is 23.6 Å². The van der Waals surface area contributed by atoms with Gasteiger partial charge in [0, 0.05) is 6.54 Å². The first-order valence-corrected chi connectivity index (χ1v) is 12.9. The van der Waals surface area contributed by atoms with E-state index in [1.807, 2.05) is 20.1 Å². The SMILES string of the molecule is CSCCC(NC(=O)C(CCCN=C(N)N)NC(=O)C(CC(C)C)NC(=O)C(N)CC(N)=O)C(=O)O. The van der Waals surface area contributed by atoms with Gasteiger partial charge >= 0.3 is 5.97 Å². The van der Waals surface area contributed by atoms with Gasteiger partial charge in [-0.3, -0.25) is 24.2 Å². The maximum Gasteiger partial charge on any atom is 0.326 e. The Morgan fingerprint density at radius 1 is 0.889 bits per heavy atom. The van der Waals surface area contributed by atoms with Crippen LogP contribution < -0.4 is 38.9 Å². The van der Waals surface area contributed by atoms with Gasteiger partial charge in [-0.1, -0.05) is 13.8 Å². The van der Waals surface area contributed by atoms with Crippen molar-refractivity contribution in [2.24, 2.45) is 33.8 Å². The number of aliphatic carboxylic acids is 1. The smallest absolute Gasteiger partial charge is 0.326 e. The van der Waals surface area contributed by atoms with Crippen LogP contribution >= 0.6 is 11.8 Å². The molecule has 206 valence electrons. The van der Waals surface area contributed by atoms with Gasteiger partial charge < -0.3 is 44.0 Å². The second-order valence-corrected chi connectivity index (χ2v) is 9.64. The molecule has 0 heterocycles. The Morgan fingerprint density at radius 3 is 1.94 bits per heavy atom. The first-order chi connectivity index (χ1) is 16.8. The summed E-state index contributed by atoms with van der Waals surface area (Å²) >= 11 is 1.43. The number of hydrogen-bond donors (Lipinski definition) is 8. The number of nitrogens with zero attached hydrogens (tertiary/aromatic N) is 1. The van der Waals surface area contributed by atoms with Crippen molar-refractivity contribution in [1.29, 1.82) is 0 Å². The summed E-state index contributed by atoms with van der Waals surface area (Å²) in [4.78, 5) is 64.9. The van der Waals surface area contributed by atoms with Gasteiger partial charge in [0.25, 0.3) is 0 Å². The standard InChI is InChI=1S/C21H40N8O6S/c1-11(2)9-15(29-17(31)12(22)10-16(23)30)19(33)27-13(5-4-7-26-21(24)25)18(32)28-14(20(34)35)6-8-36-3/h11-15H,4-10,22H2,1-3H3,(H2,23,30)(H,27,33)(H,28,32)(H,29,31)(H,34,35)(H4,24,25,26). The van der Waals surface area contributed by atoms with Crippen molar-refractivity contribution < 1.29 is 29.1 Å². The van der Waals surface area contributed by atoms with E-state index in [1.165, 1.54) is 11.8 Å². The van der Waals surface area contributed by atoms with Gasteiger partial charge in [-0.15, -0.1) is 0 Å². The Bertz CT molecular complexity index is 790. The molecule has 0 aromatic rings.